The molecule has 1 amide bonds. The first-order valence-electron chi connectivity index (χ1n) is 12.5. The summed E-state index contributed by atoms with van der Waals surface area (Å²) in [6, 6.07) is 20.9. The van der Waals surface area contributed by atoms with Gasteiger partial charge in [0.15, 0.2) is 16.9 Å². The molecule has 2 aromatic carbocycles. The lowest BCUT2D eigenvalue weighted by atomic mass is 9.58. The molecule has 4 rings (SSSR count). The van der Waals surface area contributed by atoms with Crippen molar-refractivity contribution >= 4 is 6.09 Å². The molecule has 0 aromatic heterocycles. The molecule has 2 aromatic rings. The van der Waals surface area contributed by atoms with E-state index in [9.17, 15) is 20.6 Å². The Morgan fingerprint density at radius 3 is 2.46 bits per heavy atom. The van der Waals surface area contributed by atoms with E-state index in [1.54, 1.807) is 24.3 Å². The Labute approximate surface area is 227 Å². The van der Waals surface area contributed by atoms with Crippen LogP contribution in [0.15, 0.2) is 71.5 Å². The first-order chi connectivity index (χ1) is 18.8. The van der Waals surface area contributed by atoms with Gasteiger partial charge >= 0.3 is 6.09 Å². The zero-order valence-electron chi connectivity index (χ0n) is 22.0. The van der Waals surface area contributed by atoms with Gasteiger partial charge in [-0.15, -0.1) is 0 Å². The summed E-state index contributed by atoms with van der Waals surface area (Å²) >= 11 is 0. The first-order valence-corrected chi connectivity index (χ1v) is 12.5. The van der Waals surface area contributed by atoms with E-state index in [1.807, 2.05) is 44.2 Å². The van der Waals surface area contributed by atoms with Gasteiger partial charge in [0.1, 0.15) is 12.7 Å². The third-order valence-electron chi connectivity index (χ3n) is 7.04. The second kappa shape index (κ2) is 11.2. The van der Waals surface area contributed by atoms with Gasteiger partial charge < -0.3 is 24.8 Å². The van der Waals surface area contributed by atoms with Crippen LogP contribution in [0.2, 0.25) is 0 Å². The molecule has 0 spiro atoms. The van der Waals surface area contributed by atoms with Crippen LogP contribution in [0, 0.1) is 45.3 Å². The summed E-state index contributed by atoms with van der Waals surface area (Å²) in [5, 5.41) is 30.7. The molecule has 39 heavy (non-hydrogen) atoms. The lowest BCUT2D eigenvalue weighted by molar-refractivity contribution is 0.0898. The van der Waals surface area contributed by atoms with Gasteiger partial charge in [-0.3, -0.25) is 0 Å². The first kappa shape index (κ1) is 27.1. The van der Waals surface area contributed by atoms with Crippen molar-refractivity contribution in [3.8, 4) is 29.7 Å². The van der Waals surface area contributed by atoms with E-state index in [-0.39, 0.29) is 37.1 Å². The quantitative estimate of drug-likeness (QED) is 0.581. The van der Waals surface area contributed by atoms with Crippen LogP contribution >= 0.6 is 0 Å². The number of carbonyl (C=O) groups is 1. The van der Waals surface area contributed by atoms with Crippen molar-refractivity contribution in [3.05, 3.63) is 82.6 Å². The molecule has 0 saturated heterocycles. The number of hydrogen-bond acceptors (Lipinski definition) is 8. The molecule has 1 heterocycles. The van der Waals surface area contributed by atoms with Gasteiger partial charge in [0, 0.05) is 24.9 Å². The highest BCUT2D eigenvalue weighted by molar-refractivity contribution is 5.69. The lowest BCUT2D eigenvalue weighted by Gasteiger charge is -2.45. The third kappa shape index (κ3) is 4.98. The van der Waals surface area contributed by atoms with Gasteiger partial charge in [0.25, 0.3) is 0 Å². The molecule has 2 N–H and O–H groups in total. The molecular formula is C30H29N5O4. The number of hydrogen-bond donors (Lipinski definition) is 1. The average Bonchev–Trinajstić information content (AvgIpc) is 2.95. The molecule has 9 nitrogen and oxygen atoms in total. The van der Waals surface area contributed by atoms with Gasteiger partial charge in [-0.25, -0.2) is 4.79 Å². The molecular weight excluding hydrogens is 494 g/mol. The average molecular weight is 524 g/mol. The van der Waals surface area contributed by atoms with Crippen molar-refractivity contribution in [2.24, 2.45) is 17.1 Å². The molecule has 1 aliphatic heterocycles. The van der Waals surface area contributed by atoms with Crippen LogP contribution in [0.1, 0.15) is 30.9 Å². The van der Waals surface area contributed by atoms with E-state index >= 15 is 0 Å². The molecule has 0 unspecified atom stereocenters. The van der Waals surface area contributed by atoms with Crippen molar-refractivity contribution in [1.29, 1.82) is 15.8 Å². The molecule has 2 atom stereocenters. The SMILES string of the molecule is COc1ccc([C@@H]2[C@H]3CN(C(=O)OCc4ccccc4)CC=C3C(C#N)=C(N)C2(C#N)C#N)cc1OC(C)C. The summed E-state index contributed by atoms with van der Waals surface area (Å²) in [7, 11) is 1.53. The molecule has 0 radical (unpaired) electrons. The summed E-state index contributed by atoms with van der Waals surface area (Å²) in [4.78, 5) is 14.6. The van der Waals surface area contributed by atoms with E-state index in [0.29, 0.717) is 22.6 Å². The van der Waals surface area contributed by atoms with Gasteiger partial charge in [-0.1, -0.05) is 42.5 Å². The lowest BCUT2D eigenvalue weighted by Crippen LogP contribution is -2.49. The van der Waals surface area contributed by atoms with Crippen molar-refractivity contribution in [2.45, 2.75) is 32.5 Å². The van der Waals surface area contributed by atoms with Crippen LogP contribution < -0.4 is 15.2 Å². The van der Waals surface area contributed by atoms with Gasteiger partial charge in [0.05, 0.1) is 36.6 Å². The number of nitriles is 3. The predicted octanol–water partition coefficient (Wildman–Crippen LogP) is 4.54. The second-order valence-corrected chi connectivity index (χ2v) is 9.70. The maximum atomic E-state index is 13.1. The summed E-state index contributed by atoms with van der Waals surface area (Å²) in [6.07, 6.45) is 1.06. The molecule has 198 valence electrons. The number of rotatable bonds is 6. The summed E-state index contributed by atoms with van der Waals surface area (Å²) in [5.41, 5.74) is 6.63. The number of nitrogens with two attached hydrogens (primary N) is 1. The van der Waals surface area contributed by atoms with Crippen LogP contribution in [0.4, 0.5) is 4.79 Å². The number of amides is 1. The molecule has 9 heteroatoms. The van der Waals surface area contributed by atoms with E-state index in [0.717, 1.165) is 5.56 Å². The fraction of sp³-hybridized carbons (Fsp3) is 0.333. The Kier molecular flexibility index (Phi) is 7.79. The topological polar surface area (TPSA) is 145 Å². The molecule has 2 aliphatic rings. The number of fused-ring (bicyclic) bond motifs is 1. The Bertz CT molecular complexity index is 1430. The number of nitrogens with zero attached hydrogens (tertiary/aromatic N) is 4. The number of ether oxygens (including phenoxy) is 3. The molecule has 1 aliphatic carbocycles. The largest absolute Gasteiger partial charge is 0.493 e. The van der Waals surface area contributed by atoms with Gasteiger partial charge in [-0.05, 0) is 42.7 Å². The monoisotopic (exact) mass is 523 g/mol. The van der Waals surface area contributed by atoms with Crippen molar-refractivity contribution in [3.63, 3.8) is 0 Å². The third-order valence-corrected chi connectivity index (χ3v) is 7.04. The fourth-order valence-electron chi connectivity index (χ4n) is 5.25. The maximum absolute atomic E-state index is 13.1. The zero-order chi connectivity index (χ0) is 28.2. The predicted molar refractivity (Wildman–Crippen MR) is 142 cm³/mol. The summed E-state index contributed by atoms with van der Waals surface area (Å²) in [5.74, 6) is -0.441. The van der Waals surface area contributed by atoms with Crippen LogP contribution in [0.5, 0.6) is 11.5 Å². The molecule has 0 fully saturated rings. The number of carbonyl (C=O) groups excluding carboxylic acids is 1. The van der Waals surface area contributed by atoms with Gasteiger partial charge in [0.2, 0.25) is 0 Å². The standard InChI is InChI=1S/C30H29N5O4/c1-19(2)39-26-13-21(9-10-25(26)37-3)27-24-15-35(29(36)38-16-20-7-5-4-6-8-20)12-11-22(24)23(14-31)28(34)30(27,17-32)18-33/h4-11,13,19,24,27H,12,15-16,34H2,1-3H3/t24-,27+/m0/s1. The Morgan fingerprint density at radius 2 is 1.85 bits per heavy atom. The van der Waals surface area contributed by atoms with E-state index in [4.69, 9.17) is 19.9 Å². The highest BCUT2D eigenvalue weighted by Crippen LogP contribution is 2.55. The van der Waals surface area contributed by atoms with Crippen LogP contribution in [-0.2, 0) is 11.3 Å². The number of methoxy groups -OCH3 is 1. The van der Waals surface area contributed by atoms with Crippen molar-refractivity contribution < 1.29 is 19.0 Å². The fourth-order valence-corrected chi connectivity index (χ4v) is 5.25. The van der Waals surface area contributed by atoms with Gasteiger partial charge in [-0.2, -0.15) is 15.8 Å². The van der Waals surface area contributed by atoms with Crippen LogP contribution in [0.25, 0.3) is 0 Å². The highest BCUT2D eigenvalue weighted by atomic mass is 16.6. The molecule has 0 bridgehead atoms. The van der Waals surface area contributed by atoms with Crippen molar-refractivity contribution in [2.75, 3.05) is 20.2 Å². The normalized spacial score (nSPS) is 19.6. The minimum absolute atomic E-state index is 0.0928. The zero-order valence-corrected chi connectivity index (χ0v) is 22.0. The van der Waals surface area contributed by atoms with E-state index in [1.165, 1.54) is 12.0 Å². The van der Waals surface area contributed by atoms with Crippen LogP contribution in [0.3, 0.4) is 0 Å². The second-order valence-electron chi connectivity index (χ2n) is 9.70. The summed E-state index contributed by atoms with van der Waals surface area (Å²) in [6.45, 7) is 4.18. The Balaban J connectivity index is 1.78. The number of allylic oxidation sites excluding steroid dienone is 2. The highest BCUT2D eigenvalue weighted by Gasteiger charge is 2.55. The Morgan fingerprint density at radius 1 is 1.13 bits per heavy atom. The van der Waals surface area contributed by atoms with E-state index in [2.05, 4.69) is 18.2 Å². The Hall–Kier alpha value is -4.94. The van der Waals surface area contributed by atoms with Crippen molar-refractivity contribution in [1.82, 2.24) is 4.90 Å². The summed E-state index contributed by atoms with van der Waals surface area (Å²) < 4.78 is 17.0. The van der Waals surface area contributed by atoms with E-state index < -0.39 is 23.3 Å². The molecule has 0 saturated carbocycles. The maximum Gasteiger partial charge on any atom is 0.410 e. The number of benzene rings is 2. The smallest absolute Gasteiger partial charge is 0.410 e. The van der Waals surface area contributed by atoms with Crippen LogP contribution in [-0.4, -0.2) is 37.3 Å². The minimum atomic E-state index is -1.85. The minimum Gasteiger partial charge on any atom is -0.493 e.